The first-order chi connectivity index (χ1) is 5.34. The van der Waals surface area contributed by atoms with Crippen molar-refractivity contribution in [2.24, 2.45) is 0 Å². The van der Waals surface area contributed by atoms with E-state index >= 15 is 0 Å². The fourth-order valence-electron chi connectivity index (χ4n) is 0.963. The molecule has 1 aromatic heterocycles. The van der Waals surface area contributed by atoms with Gasteiger partial charge in [-0.05, 0) is 18.6 Å². The standard InChI is InChI=1S/C9H12BrN/c1-2-5-8(10)9-6-3-4-7-11-9/h3-4,6-8H,2,5H2,1H3. The Hall–Kier alpha value is -0.370. The summed E-state index contributed by atoms with van der Waals surface area (Å²) in [6, 6.07) is 6.01. The van der Waals surface area contributed by atoms with E-state index in [0.717, 1.165) is 12.1 Å². The summed E-state index contributed by atoms with van der Waals surface area (Å²) in [6.07, 6.45) is 4.17. The van der Waals surface area contributed by atoms with Gasteiger partial charge in [0.15, 0.2) is 0 Å². The van der Waals surface area contributed by atoms with Gasteiger partial charge in [0, 0.05) is 6.20 Å². The number of rotatable bonds is 3. The van der Waals surface area contributed by atoms with Crippen LogP contribution in [0.1, 0.15) is 30.3 Å². The Morgan fingerprint density at radius 2 is 2.36 bits per heavy atom. The molecule has 0 saturated heterocycles. The topological polar surface area (TPSA) is 12.9 Å². The summed E-state index contributed by atoms with van der Waals surface area (Å²) in [5.41, 5.74) is 1.13. The van der Waals surface area contributed by atoms with Gasteiger partial charge in [0.05, 0.1) is 10.5 Å². The predicted octanol–water partition coefficient (Wildman–Crippen LogP) is 3.32. The van der Waals surface area contributed by atoms with Gasteiger partial charge >= 0.3 is 0 Å². The Kier molecular flexibility index (Phi) is 3.57. The van der Waals surface area contributed by atoms with Gasteiger partial charge in [0.2, 0.25) is 0 Å². The number of pyridine rings is 1. The molecule has 0 aliphatic heterocycles. The number of hydrogen-bond acceptors (Lipinski definition) is 1. The Morgan fingerprint density at radius 3 is 2.91 bits per heavy atom. The first-order valence-corrected chi connectivity index (χ1v) is 4.81. The third-order valence-electron chi connectivity index (χ3n) is 1.55. The van der Waals surface area contributed by atoms with Crippen molar-refractivity contribution in [3.05, 3.63) is 30.1 Å². The minimum atomic E-state index is 0.425. The van der Waals surface area contributed by atoms with Gasteiger partial charge in [0.1, 0.15) is 0 Å². The Morgan fingerprint density at radius 1 is 1.55 bits per heavy atom. The van der Waals surface area contributed by atoms with Crippen LogP contribution in [0.2, 0.25) is 0 Å². The van der Waals surface area contributed by atoms with Crippen LogP contribution in [0.4, 0.5) is 0 Å². The fraction of sp³-hybridized carbons (Fsp3) is 0.444. The van der Waals surface area contributed by atoms with Gasteiger partial charge in [-0.2, -0.15) is 0 Å². The largest absolute Gasteiger partial charge is 0.260 e. The molecule has 0 bridgehead atoms. The lowest BCUT2D eigenvalue weighted by Gasteiger charge is -2.05. The number of halogens is 1. The maximum atomic E-state index is 4.25. The molecule has 0 saturated carbocycles. The molecule has 0 aliphatic carbocycles. The highest BCUT2D eigenvalue weighted by atomic mass is 79.9. The van der Waals surface area contributed by atoms with Crippen LogP contribution in [0, 0.1) is 0 Å². The van der Waals surface area contributed by atoms with Crippen LogP contribution >= 0.6 is 15.9 Å². The molecule has 1 rings (SSSR count). The van der Waals surface area contributed by atoms with E-state index in [1.807, 2.05) is 18.3 Å². The summed E-state index contributed by atoms with van der Waals surface area (Å²) in [5.74, 6) is 0. The van der Waals surface area contributed by atoms with Gasteiger partial charge in [-0.25, -0.2) is 0 Å². The van der Waals surface area contributed by atoms with Crippen molar-refractivity contribution in [1.29, 1.82) is 0 Å². The van der Waals surface area contributed by atoms with E-state index in [0.29, 0.717) is 4.83 Å². The number of alkyl halides is 1. The van der Waals surface area contributed by atoms with E-state index in [1.54, 1.807) is 0 Å². The molecule has 0 N–H and O–H groups in total. The second-order valence-electron chi connectivity index (χ2n) is 2.51. The maximum absolute atomic E-state index is 4.25. The molecule has 0 amide bonds. The summed E-state index contributed by atoms with van der Waals surface area (Å²) >= 11 is 3.58. The van der Waals surface area contributed by atoms with Crippen molar-refractivity contribution in [3.8, 4) is 0 Å². The van der Waals surface area contributed by atoms with E-state index in [4.69, 9.17) is 0 Å². The second kappa shape index (κ2) is 4.50. The van der Waals surface area contributed by atoms with Crippen molar-refractivity contribution >= 4 is 15.9 Å². The third kappa shape index (κ3) is 2.62. The summed E-state index contributed by atoms with van der Waals surface area (Å²) in [5, 5.41) is 0. The van der Waals surface area contributed by atoms with Gasteiger partial charge in [-0.3, -0.25) is 4.98 Å². The molecule has 1 nitrogen and oxygen atoms in total. The summed E-state index contributed by atoms with van der Waals surface area (Å²) in [7, 11) is 0. The molecule has 1 unspecified atom stereocenters. The molecule has 1 atom stereocenters. The molecule has 11 heavy (non-hydrogen) atoms. The van der Waals surface area contributed by atoms with Crippen LogP contribution in [-0.2, 0) is 0 Å². The molecule has 0 aromatic carbocycles. The molecule has 0 spiro atoms. The maximum Gasteiger partial charge on any atom is 0.0568 e. The van der Waals surface area contributed by atoms with Crippen molar-refractivity contribution in [3.63, 3.8) is 0 Å². The van der Waals surface area contributed by atoms with E-state index in [9.17, 15) is 0 Å². The van der Waals surface area contributed by atoms with E-state index in [1.165, 1.54) is 6.42 Å². The first kappa shape index (κ1) is 8.72. The Balaban J connectivity index is 2.61. The van der Waals surface area contributed by atoms with Gasteiger partial charge in [-0.1, -0.05) is 35.3 Å². The van der Waals surface area contributed by atoms with Crippen molar-refractivity contribution < 1.29 is 0 Å². The quantitative estimate of drug-likeness (QED) is 0.703. The molecule has 0 radical (unpaired) electrons. The van der Waals surface area contributed by atoms with Crippen LogP contribution in [0.3, 0.4) is 0 Å². The highest BCUT2D eigenvalue weighted by molar-refractivity contribution is 9.09. The van der Waals surface area contributed by atoms with Crippen molar-refractivity contribution in [1.82, 2.24) is 4.98 Å². The van der Waals surface area contributed by atoms with E-state index in [-0.39, 0.29) is 0 Å². The zero-order valence-corrected chi connectivity index (χ0v) is 8.21. The predicted molar refractivity (Wildman–Crippen MR) is 50.8 cm³/mol. The fourth-order valence-corrected chi connectivity index (χ4v) is 1.69. The van der Waals surface area contributed by atoms with Crippen LogP contribution in [-0.4, -0.2) is 4.98 Å². The zero-order chi connectivity index (χ0) is 8.10. The molecular weight excluding hydrogens is 202 g/mol. The lowest BCUT2D eigenvalue weighted by Crippen LogP contribution is -1.91. The van der Waals surface area contributed by atoms with Crippen LogP contribution in [0.5, 0.6) is 0 Å². The third-order valence-corrected chi connectivity index (χ3v) is 2.48. The zero-order valence-electron chi connectivity index (χ0n) is 6.63. The molecule has 2 heteroatoms. The smallest absolute Gasteiger partial charge is 0.0568 e. The van der Waals surface area contributed by atoms with Crippen molar-refractivity contribution in [2.75, 3.05) is 0 Å². The van der Waals surface area contributed by atoms with E-state index in [2.05, 4.69) is 33.9 Å². The average Bonchev–Trinajstić information content (AvgIpc) is 2.07. The minimum Gasteiger partial charge on any atom is -0.260 e. The lowest BCUT2D eigenvalue weighted by molar-refractivity contribution is 0.770. The molecule has 0 aliphatic rings. The van der Waals surface area contributed by atoms with E-state index < -0.39 is 0 Å². The van der Waals surface area contributed by atoms with Gasteiger partial charge in [-0.15, -0.1) is 0 Å². The van der Waals surface area contributed by atoms with Crippen LogP contribution < -0.4 is 0 Å². The summed E-state index contributed by atoms with van der Waals surface area (Å²) in [6.45, 7) is 2.18. The first-order valence-electron chi connectivity index (χ1n) is 3.89. The monoisotopic (exact) mass is 213 g/mol. The van der Waals surface area contributed by atoms with Crippen LogP contribution in [0.15, 0.2) is 24.4 Å². The lowest BCUT2D eigenvalue weighted by atomic mass is 10.2. The molecular formula is C9H12BrN. The molecule has 60 valence electrons. The summed E-state index contributed by atoms with van der Waals surface area (Å²) in [4.78, 5) is 4.68. The number of nitrogens with zero attached hydrogens (tertiary/aromatic N) is 1. The van der Waals surface area contributed by atoms with Crippen molar-refractivity contribution in [2.45, 2.75) is 24.6 Å². The minimum absolute atomic E-state index is 0.425. The van der Waals surface area contributed by atoms with Gasteiger partial charge < -0.3 is 0 Å². The van der Waals surface area contributed by atoms with Gasteiger partial charge in [0.25, 0.3) is 0 Å². The Labute approximate surface area is 76.0 Å². The highest BCUT2D eigenvalue weighted by Gasteiger charge is 2.05. The second-order valence-corrected chi connectivity index (χ2v) is 3.62. The Bertz CT molecular complexity index is 198. The average molecular weight is 214 g/mol. The van der Waals surface area contributed by atoms with Crippen LogP contribution in [0.25, 0.3) is 0 Å². The summed E-state index contributed by atoms with van der Waals surface area (Å²) < 4.78 is 0. The molecule has 1 aromatic rings. The number of aromatic nitrogens is 1. The highest BCUT2D eigenvalue weighted by Crippen LogP contribution is 2.24. The number of hydrogen-bond donors (Lipinski definition) is 0. The molecule has 0 fully saturated rings. The SMILES string of the molecule is CCCC(Br)c1ccccn1. The molecule has 1 heterocycles. The normalized spacial score (nSPS) is 12.9.